The van der Waals surface area contributed by atoms with Crippen LogP contribution in [-0.4, -0.2) is 16.5 Å². The van der Waals surface area contributed by atoms with Gasteiger partial charge in [-0.2, -0.15) is 4.98 Å². The van der Waals surface area contributed by atoms with Gasteiger partial charge in [0.05, 0.1) is 5.02 Å². The Morgan fingerprint density at radius 3 is 2.72 bits per heavy atom. The number of rotatable bonds is 5. The molecule has 0 saturated carbocycles. The van der Waals surface area contributed by atoms with Gasteiger partial charge >= 0.3 is 0 Å². The molecule has 25 heavy (non-hydrogen) atoms. The van der Waals surface area contributed by atoms with Crippen LogP contribution >= 0.6 is 11.6 Å². The number of aromatic nitrogens is 2. The van der Waals surface area contributed by atoms with E-state index < -0.39 is 5.82 Å². The zero-order valence-corrected chi connectivity index (χ0v) is 14.8. The minimum atomic E-state index is -0.460. The SMILES string of the molecule is CCN(c1cccc(C)c1)c1ccnc(Nc2ccc(F)c(Cl)c2)n1. The van der Waals surface area contributed by atoms with Crippen molar-refractivity contribution in [2.24, 2.45) is 0 Å². The zero-order chi connectivity index (χ0) is 17.8. The molecule has 1 aromatic heterocycles. The highest BCUT2D eigenvalue weighted by Crippen LogP contribution is 2.26. The van der Waals surface area contributed by atoms with E-state index in [0.29, 0.717) is 11.6 Å². The van der Waals surface area contributed by atoms with Gasteiger partial charge in [-0.15, -0.1) is 0 Å². The highest BCUT2D eigenvalue weighted by Gasteiger charge is 2.10. The molecule has 0 spiro atoms. The molecule has 0 radical (unpaired) electrons. The van der Waals surface area contributed by atoms with E-state index in [4.69, 9.17) is 11.6 Å². The molecule has 1 N–H and O–H groups in total. The van der Waals surface area contributed by atoms with Crippen LogP contribution in [0.3, 0.4) is 0 Å². The fourth-order valence-corrected chi connectivity index (χ4v) is 2.72. The number of aryl methyl sites for hydroxylation is 1. The molecule has 0 aliphatic rings. The summed E-state index contributed by atoms with van der Waals surface area (Å²) in [5.74, 6) is 0.739. The summed E-state index contributed by atoms with van der Waals surface area (Å²) in [4.78, 5) is 10.9. The number of hydrogen-bond donors (Lipinski definition) is 1. The maximum absolute atomic E-state index is 13.3. The summed E-state index contributed by atoms with van der Waals surface area (Å²) in [5, 5.41) is 3.11. The van der Waals surface area contributed by atoms with Crippen molar-refractivity contribution >= 4 is 34.7 Å². The van der Waals surface area contributed by atoms with Gasteiger partial charge in [-0.25, -0.2) is 9.37 Å². The maximum Gasteiger partial charge on any atom is 0.229 e. The standard InChI is InChI=1S/C19H18ClFN4/c1-3-25(15-6-4-5-13(2)11-15)18-9-10-22-19(24-18)23-14-7-8-17(21)16(20)12-14/h4-12H,3H2,1-2H3,(H,22,23,24). The topological polar surface area (TPSA) is 41.1 Å². The largest absolute Gasteiger partial charge is 0.326 e. The number of nitrogens with zero attached hydrogens (tertiary/aromatic N) is 3. The van der Waals surface area contributed by atoms with Gasteiger partial charge in [-0.3, -0.25) is 0 Å². The Kier molecular flexibility index (Phi) is 5.14. The van der Waals surface area contributed by atoms with Crippen molar-refractivity contribution in [2.75, 3.05) is 16.8 Å². The molecule has 3 aromatic rings. The molecule has 6 heteroatoms. The summed E-state index contributed by atoms with van der Waals surface area (Å²) in [7, 11) is 0. The lowest BCUT2D eigenvalue weighted by Gasteiger charge is -2.22. The summed E-state index contributed by atoms with van der Waals surface area (Å²) in [6.45, 7) is 4.89. The molecular weight excluding hydrogens is 339 g/mol. The summed E-state index contributed by atoms with van der Waals surface area (Å²) in [6.07, 6.45) is 1.69. The summed E-state index contributed by atoms with van der Waals surface area (Å²) in [6, 6.07) is 14.5. The van der Waals surface area contributed by atoms with Crippen molar-refractivity contribution in [3.63, 3.8) is 0 Å². The molecule has 0 atom stereocenters. The van der Waals surface area contributed by atoms with E-state index in [-0.39, 0.29) is 5.02 Å². The zero-order valence-electron chi connectivity index (χ0n) is 14.0. The summed E-state index contributed by atoms with van der Waals surface area (Å²) < 4.78 is 13.3. The van der Waals surface area contributed by atoms with Crippen LogP contribution in [0.15, 0.2) is 54.7 Å². The molecule has 0 aliphatic heterocycles. The fraction of sp³-hybridized carbons (Fsp3) is 0.158. The van der Waals surface area contributed by atoms with Crippen LogP contribution in [0.1, 0.15) is 12.5 Å². The van der Waals surface area contributed by atoms with Crippen molar-refractivity contribution in [2.45, 2.75) is 13.8 Å². The predicted octanol–water partition coefficient (Wildman–Crippen LogP) is 5.48. The van der Waals surface area contributed by atoms with Crippen LogP contribution in [0, 0.1) is 12.7 Å². The van der Waals surface area contributed by atoms with E-state index in [1.807, 2.05) is 18.2 Å². The van der Waals surface area contributed by atoms with Gasteiger partial charge in [-0.05, 0) is 55.8 Å². The van der Waals surface area contributed by atoms with Gasteiger partial charge in [0.1, 0.15) is 11.6 Å². The molecule has 4 nitrogen and oxygen atoms in total. The smallest absolute Gasteiger partial charge is 0.229 e. The molecule has 0 amide bonds. The maximum atomic E-state index is 13.3. The molecule has 0 bridgehead atoms. The van der Waals surface area contributed by atoms with E-state index in [1.54, 1.807) is 12.3 Å². The minimum Gasteiger partial charge on any atom is -0.326 e. The Balaban J connectivity index is 1.88. The van der Waals surface area contributed by atoms with E-state index in [9.17, 15) is 4.39 Å². The van der Waals surface area contributed by atoms with Crippen molar-refractivity contribution < 1.29 is 4.39 Å². The van der Waals surface area contributed by atoms with Gasteiger partial charge in [-0.1, -0.05) is 23.7 Å². The lowest BCUT2D eigenvalue weighted by molar-refractivity contribution is 0.628. The van der Waals surface area contributed by atoms with Gasteiger partial charge in [0.15, 0.2) is 0 Å². The quantitative estimate of drug-likeness (QED) is 0.657. The third kappa shape index (κ3) is 4.06. The Morgan fingerprint density at radius 1 is 1.16 bits per heavy atom. The average Bonchev–Trinajstić information content (AvgIpc) is 2.59. The van der Waals surface area contributed by atoms with Gasteiger partial charge in [0.25, 0.3) is 0 Å². The van der Waals surface area contributed by atoms with E-state index >= 15 is 0 Å². The first-order valence-electron chi connectivity index (χ1n) is 7.96. The lowest BCUT2D eigenvalue weighted by Crippen LogP contribution is -2.18. The Labute approximate surface area is 151 Å². The van der Waals surface area contributed by atoms with Gasteiger partial charge in [0.2, 0.25) is 5.95 Å². The summed E-state index contributed by atoms with van der Waals surface area (Å²) in [5.41, 5.74) is 2.88. The van der Waals surface area contributed by atoms with Crippen molar-refractivity contribution in [3.8, 4) is 0 Å². The Morgan fingerprint density at radius 2 is 2.00 bits per heavy atom. The molecule has 0 saturated heterocycles. The number of anilines is 4. The van der Waals surface area contributed by atoms with E-state index in [2.05, 4.69) is 46.2 Å². The minimum absolute atomic E-state index is 0.0519. The lowest BCUT2D eigenvalue weighted by atomic mass is 10.2. The second kappa shape index (κ2) is 7.49. The van der Waals surface area contributed by atoms with E-state index in [0.717, 1.165) is 18.1 Å². The van der Waals surface area contributed by atoms with Crippen molar-refractivity contribution in [1.82, 2.24) is 9.97 Å². The molecule has 3 rings (SSSR count). The molecule has 0 fully saturated rings. The number of nitrogens with one attached hydrogen (secondary N) is 1. The first kappa shape index (κ1) is 17.2. The second-order valence-corrected chi connectivity index (χ2v) is 5.98. The molecule has 2 aromatic carbocycles. The predicted molar refractivity (Wildman–Crippen MR) is 101 cm³/mol. The highest BCUT2D eigenvalue weighted by molar-refractivity contribution is 6.31. The summed E-state index contributed by atoms with van der Waals surface area (Å²) >= 11 is 5.82. The highest BCUT2D eigenvalue weighted by atomic mass is 35.5. The van der Waals surface area contributed by atoms with Crippen LogP contribution in [-0.2, 0) is 0 Å². The molecule has 0 aliphatic carbocycles. The number of hydrogen-bond acceptors (Lipinski definition) is 4. The third-order valence-electron chi connectivity index (χ3n) is 3.72. The second-order valence-electron chi connectivity index (χ2n) is 5.58. The molecule has 128 valence electrons. The first-order valence-corrected chi connectivity index (χ1v) is 8.34. The normalized spacial score (nSPS) is 10.6. The number of benzene rings is 2. The molecular formula is C19H18ClFN4. The Hall–Kier alpha value is -2.66. The van der Waals surface area contributed by atoms with Crippen LogP contribution in [0.4, 0.5) is 27.5 Å². The fourth-order valence-electron chi connectivity index (χ4n) is 2.54. The molecule has 1 heterocycles. The van der Waals surface area contributed by atoms with Gasteiger partial charge < -0.3 is 10.2 Å². The van der Waals surface area contributed by atoms with Gasteiger partial charge in [0, 0.05) is 24.1 Å². The Bertz CT molecular complexity index is 885. The molecule has 0 unspecified atom stereocenters. The monoisotopic (exact) mass is 356 g/mol. The number of halogens is 2. The van der Waals surface area contributed by atoms with Crippen molar-refractivity contribution in [3.05, 3.63) is 71.1 Å². The van der Waals surface area contributed by atoms with Crippen LogP contribution in [0.5, 0.6) is 0 Å². The van der Waals surface area contributed by atoms with Crippen LogP contribution < -0.4 is 10.2 Å². The third-order valence-corrected chi connectivity index (χ3v) is 4.01. The van der Waals surface area contributed by atoms with Crippen LogP contribution in [0.2, 0.25) is 5.02 Å². The average molecular weight is 357 g/mol. The van der Waals surface area contributed by atoms with Crippen molar-refractivity contribution in [1.29, 1.82) is 0 Å². The first-order chi connectivity index (χ1) is 12.1. The van der Waals surface area contributed by atoms with Crippen LogP contribution in [0.25, 0.3) is 0 Å². The van der Waals surface area contributed by atoms with E-state index in [1.165, 1.54) is 17.7 Å².